The van der Waals surface area contributed by atoms with Gasteiger partial charge in [0.25, 0.3) is 0 Å². The molecule has 11 aromatic rings. The zero-order valence-electron chi connectivity index (χ0n) is 24.7. The maximum Gasteiger partial charge on any atom is 0.160 e. The molecule has 0 radical (unpaired) electrons. The monoisotopic (exact) mass is 587 g/mol. The number of furan rings is 1. The number of hydrogen-bond acceptors (Lipinski definition) is 1. The molecule has 46 heavy (non-hydrogen) atoms. The van der Waals surface area contributed by atoms with E-state index in [0.717, 1.165) is 55.4 Å². The molecule has 4 heterocycles. The fraction of sp³-hybridized carbons (Fsp3) is 0. The molecule has 4 nitrogen and oxygen atoms in total. The molecule has 1 N–H and O–H groups in total. The first-order chi connectivity index (χ1) is 22.8. The van der Waals surface area contributed by atoms with Gasteiger partial charge in [0.2, 0.25) is 0 Å². The van der Waals surface area contributed by atoms with E-state index in [1.807, 2.05) is 0 Å². The van der Waals surface area contributed by atoms with Gasteiger partial charge in [-0.25, -0.2) is 0 Å². The Balaban J connectivity index is 1.17. The average Bonchev–Trinajstić information content (AvgIpc) is 3.85. The fourth-order valence-electron chi connectivity index (χ4n) is 7.85. The predicted octanol–water partition coefficient (Wildman–Crippen LogP) is 11.4. The summed E-state index contributed by atoms with van der Waals surface area (Å²) in [6.07, 6.45) is 0. The molecule has 0 aliphatic heterocycles. The van der Waals surface area contributed by atoms with E-state index in [4.69, 9.17) is 4.42 Å². The largest absolute Gasteiger partial charge is 0.454 e. The number of para-hydroxylation sites is 4. The van der Waals surface area contributed by atoms with E-state index in [1.54, 1.807) is 0 Å². The normalized spacial score (nSPS) is 12.3. The van der Waals surface area contributed by atoms with E-state index in [-0.39, 0.29) is 0 Å². The van der Waals surface area contributed by atoms with Crippen molar-refractivity contribution in [3.8, 4) is 11.4 Å². The number of hydrogen-bond donors (Lipinski definition) is 1. The van der Waals surface area contributed by atoms with E-state index in [2.05, 4.69) is 160 Å². The third-order valence-electron chi connectivity index (χ3n) is 9.84. The summed E-state index contributed by atoms with van der Waals surface area (Å²) in [5.41, 5.74) is 11.0. The van der Waals surface area contributed by atoms with Gasteiger partial charge in [-0.1, -0.05) is 78.9 Å². The van der Waals surface area contributed by atoms with Crippen LogP contribution in [0.25, 0.3) is 98.7 Å². The van der Waals surface area contributed by atoms with Crippen LogP contribution >= 0.6 is 0 Å². The van der Waals surface area contributed by atoms with E-state index in [9.17, 15) is 0 Å². The summed E-state index contributed by atoms with van der Waals surface area (Å²) in [6, 6.07) is 52.3. The molecule has 0 unspecified atom stereocenters. The van der Waals surface area contributed by atoms with Crippen molar-refractivity contribution in [3.63, 3.8) is 0 Å². The Morgan fingerprint density at radius 3 is 1.63 bits per heavy atom. The summed E-state index contributed by atoms with van der Waals surface area (Å²) in [6.45, 7) is 0. The molecule has 0 fully saturated rings. The minimum Gasteiger partial charge on any atom is -0.454 e. The van der Waals surface area contributed by atoms with Crippen LogP contribution in [0.5, 0.6) is 0 Å². The number of H-pyrrole nitrogens is 1. The molecule has 214 valence electrons. The van der Waals surface area contributed by atoms with Gasteiger partial charge in [0.15, 0.2) is 5.58 Å². The van der Waals surface area contributed by atoms with E-state index >= 15 is 0 Å². The van der Waals surface area contributed by atoms with Gasteiger partial charge in [-0.3, -0.25) is 0 Å². The van der Waals surface area contributed by atoms with Gasteiger partial charge in [0, 0.05) is 65.5 Å². The summed E-state index contributed by atoms with van der Waals surface area (Å²) in [5, 5.41) is 9.56. The number of rotatable bonds is 2. The summed E-state index contributed by atoms with van der Waals surface area (Å²) in [5.74, 6) is 0. The van der Waals surface area contributed by atoms with Crippen LogP contribution in [-0.2, 0) is 0 Å². The highest BCUT2D eigenvalue weighted by Crippen LogP contribution is 2.42. The first-order valence-electron chi connectivity index (χ1n) is 15.7. The van der Waals surface area contributed by atoms with Crippen molar-refractivity contribution in [3.05, 3.63) is 146 Å². The molecule has 0 atom stereocenters. The van der Waals surface area contributed by atoms with Crippen molar-refractivity contribution in [1.29, 1.82) is 0 Å². The molecule has 4 aromatic heterocycles. The molecule has 0 aliphatic rings. The van der Waals surface area contributed by atoms with Gasteiger partial charge in [-0.05, 0) is 66.7 Å². The Bertz CT molecular complexity index is 2970. The van der Waals surface area contributed by atoms with Crippen LogP contribution in [-0.4, -0.2) is 14.1 Å². The van der Waals surface area contributed by atoms with Crippen molar-refractivity contribution in [1.82, 2.24) is 14.1 Å². The second-order valence-corrected chi connectivity index (χ2v) is 12.2. The SMILES string of the molecule is c1ccc2c(c1)[nH]c1cc3c(cc12)oc1c3ccc2c3ccccc3n(-c3ccc(-n4c5ccccc5c5ccccc54)cc3)c21. The number of benzene rings is 7. The number of nitrogens with zero attached hydrogens (tertiary/aromatic N) is 2. The summed E-state index contributed by atoms with van der Waals surface area (Å²) in [4.78, 5) is 3.61. The molecule has 11 rings (SSSR count). The van der Waals surface area contributed by atoms with Crippen LogP contribution in [0.1, 0.15) is 0 Å². The van der Waals surface area contributed by atoms with Crippen LogP contribution in [0.4, 0.5) is 0 Å². The number of aromatic amines is 1. The minimum absolute atomic E-state index is 0.901. The van der Waals surface area contributed by atoms with Gasteiger partial charge >= 0.3 is 0 Å². The van der Waals surface area contributed by atoms with Gasteiger partial charge in [-0.15, -0.1) is 0 Å². The highest BCUT2D eigenvalue weighted by Gasteiger charge is 2.20. The van der Waals surface area contributed by atoms with Crippen molar-refractivity contribution in [2.24, 2.45) is 0 Å². The third-order valence-corrected chi connectivity index (χ3v) is 9.84. The van der Waals surface area contributed by atoms with Crippen LogP contribution in [0.15, 0.2) is 150 Å². The molecule has 0 bridgehead atoms. The molecule has 0 saturated carbocycles. The summed E-state index contributed by atoms with van der Waals surface area (Å²) in [7, 11) is 0. The lowest BCUT2D eigenvalue weighted by Gasteiger charge is -2.11. The highest BCUT2D eigenvalue weighted by molar-refractivity contribution is 6.23. The molecular formula is C42H25N3O. The molecule has 4 heteroatoms. The molecule has 7 aromatic carbocycles. The number of nitrogens with one attached hydrogen (secondary N) is 1. The Hall–Kier alpha value is -6.26. The van der Waals surface area contributed by atoms with Crippen molar-refractivity contribution in [2.45, 2.75) is 0 Å². The van der Waals surface area contributed by atoms with E-state index in [0.29, 0.717) is 0 Å². The van der Waals surface area contributed by atoms with Crippen LogP contribution in [0.3, 0.4) is 0 Å². The lowest BCUT2D eigenvalue weighted by molar-refractivity contribution is 0.671. The van der Waals surface area contributed by atoms with Crippen LogP contribution < -0.4 is 0 Å². The Morgan fingerprint density at radius 2 is 0.935 bits per heavy atom. The zero-order chi connectivity index (χ0) is 29.9. The van der Waals surface area contributed by atoms with Crippen molar-refractivity contribution < 1.29 is 4.42 Å². The predicted molar refractivity (Wildman–Crippen MR) is 192 cm³/mol. The van der Waals surface area contributed by atoms with Gasteiger partial charge in [0.05, 0.1) is 22.1 Å². The highest BCUT2D eigenvalue weighted by atomic mass is 16.3. The average molecular weight is 588 g/mol. The molecule has 0 amide bonds. The smallest absolute Gasteiger partial charge is 0.160 e. The first-order valence-corrected chi connectivity index (χ1v) is 15.7. The summed E-state index contributed by atoms with van der Waals surface area (Å²) < 4.78 is 11.6. The summed E-state index contributed by atoms with van der Waals surface area (Å²) >= 11 is 0. The maximum atomic E-state index is 6.82. The fourth-order valence-corrected chi connectivity index (χ4v) is 7.85. The Kier molecular flexibility index (Phi) is 4.55. The van der Waals surface area contributed by atoms with Gasteiger partial charge in [-0.2, -0.15) is 0 Å². The second kappa shape index (κ2) is 8.68. The zero-order valence-corrected chi connectivity index (χ0v) is 24.7. The molecule has 0 saturated heterocycles. The Labute approximate surface area is 262 Å². The van der Waals surface area contributed by atoms with Crippen LogP contribution in [0, 0.1) is 0 Å². The number of aromatic nitrogens is 3. The minimum atomic E-state index is 0.901. The lowest BCUT2D eigenvalue weighted by atomic mass is 10.1. The standard InChI is InChI=1S/C42H25N3O/c1-5-13-35-27(9-1)33-24-40-34(23-36(33)43-35)32-22-21-31-30-12-4-8-16-39(30)45(41(31)42(32)46-40)26-19-17-25(18-20-26)44-37-14-6-2-10-28(37)29-11-3-7-15-38(29)44/h1-24,43H. The third kappa shape index (κ3) is 3.07. The van der Waals surface area contributed by atoms with Gasteiger partial charge in [0.1, 0.15) is 5.58 Å². The molecule has 0 aliphatic carbocycles. The second-order valence-electron chi connectivity index (χ2n) is 12.2. The number of fused-ring (bicyclic) bond motifs is 13. The Morgan fingerprint density at radius 1 is 0.391 bits per heavy atom. The van der Waals surface area contributed by atoms with Crippen molar-refractivity contribution in [2.75, 3.05) is 0 Å². The van der Waals surface area contributed by atoms with Gasteiger partial charge < -0.3 is 18.5 Å². The molecule has 0 spiro atoms. The molecular weight excluding hydrogens is 562 g/mol. The van der Waals surface area contributed by atoms with E-state index < -0.39 is 0 Å². The maximum absolute atomic E-state index is 6.82. The van der Waals surface area contributed by atoms with Crippen molar-refractivity contribution >= 4 is 87.4 Å². The lowest BCUT2D eigenvalue weighted by Crippen LogP contribution is -1.97. The van der Waals surface area contributed by atoms with Crippen LogP contribution in [0.2, 0.25) is 0 Å². The topological polar surface area (TPSA) is 38.8 Å². The van der Waals surface area contributed by atoms with E-state index in [1.165, 1.54) is 43.4 Å². The first kappa shape index (κ1) is 24.1. The quantitative estimate of drug-likeness (QED) is 0.215.